The van der Waals surface area contributed by atoms with Gasteiger partial charge in [-0.15, -0.1) is 0 Å². The van der Waals surface area contributed by atoms with E-state index in [1.165, 1.54) is 27.9 Å². The molecule has 300 valence electrons. The number of carbonyl (C=O) groups excluding carboxylic acids is 5. The Labute approximate surface area is 321 Å². The molecule has 1 aromatic rings. The van der Waals surface area contributed by atoms with Gasteiger partial charge in [-0.1, -0.05) is 6.07 Å². The number of guanidine groups is 1. The largest absolute Gasteiger partial charge is 0.493 e. The number of nitrogens with one attached hydrogen (secondary N) is 2. The summed E-state index contributed by atoms with van der Waals surface area (Å²) < 4.78 is 24.1. The monoisotopic (exact) mass is 766 g/mol. The third-order valence-corrected chi connectivity index (χ3v) is 11.8. The SMILES string of the molecule is CCOC(=O)N1CCN(C(=O)OC2=CCC3[C@H]4Cc5ccc(OC)c6c5[C@@]3(CCN4C)[C@@H]2O6)C(CNC(=O)[C@H](CCCN=C(N)N)CC(=O)CNC(C)=O)C1. The molecule has 6 rings (SSSR count). The van der Waals surface area contributed by atoms with Gasteiger partial charge in [0.15, 0.2) is 29.3 Å². The predicted molar refractivity (Wildman–Crippen MR) is 200 cm³/mol. The Morgan fingerprint density at radius 3 is 2.64 bits per heavy atom. The summed E-state index contributed by atoms with van der Waals surface area (Å²) in [6, 6.07) is 3.72. The van der Waals surface area contributed by atoms with E-state index in [0.29, 0.717) is 36.1 Å². The summed E-state index contributed by atoms with van der Waals surface area (Å²) in [5.41, 5.74) is 12.9. The van der Waals surface area contributed by atoms with Crippen LogP contribution in [0.5, 0.6) is 11.5 Å². The second kappa shape index (κ2) is 16.8. The maximum atomic E-state index is 14.2. The molecule has 3 heterocycles. The fourth-order valence-electron chi connectivity index (χ4n) is 9.18. The summed E-state index contributed by atoms with van der Waals surface area (Å²) >= 11 is 0. The number of aliphatic imine (C=N–C) groups is 1. The van der Waals surface area contributed by atoms with Crippen LogP contribution >= 0.6 is 0 Å². The zero-order chi connectivity index (χ0) is 39.4. The summed E-state index contributed by atoms with van der Waals surface area (Å²) in [6.45, 7) is 4.53. The molecular formula is C38H54N8O9. The number of ketones is 1. The molecule has 4 amide bonds. The number of hydrogen-bond acceptors (Lipinski definition) is 11. The van der Waals surface area contributed by atoms with Crippen molar-refractivity contribution in [2.45, 2.75) is 76.0 Å². The van der Waals surface area contributed by atoms with Gasteiger partial charge in [-0.3, -0.25) is 24.3 Å². The van der Waals surface area contributed by atoms with Crippen LogP contribution in [0.3, 0.4) is 0 Å². The highest BCUT2D eigenvalue weighted by Crippen LogP contribution is 2.63. The molecule has 2 aliphatic carbocycles. The Balaban J connectivity index is 1.20. The molecule has 5 aliphatic rings. The molecule has 2 bridgehead atoms. The van der Waals surface area contributed by atoms with Gasteiger partial charge in [-0.05, 0) is 76.2 Å². The Kier molecular flexibility index (Phi) is 12.1. The van der Waals surface area contributed by atoms with Crippen LogP contribution < -0.4 is 31.6 Å². The van der Waals surface area contributed by atoms with Crippen molar-refractivity contribution in [1.29, 1.82) is 0 Å². The zero-order valence-electron chi connectivity index (χ0n) is 32.1. The number of hydrogen-bond donors (Lipinski definition) is 4. The number of carbonyl (C=O) groups is 5. The number of piperidine rings is 1. The quantitative estimate of drug-likeness (QED) is 0.119. The van der Waals surface area contributed by atoms with E-state index >= 15 is 0 Å². The third-order valence-electron chi connectivity index (χ3n) is 11.8. The molecule has 6 N–H and O–H groups in total. The van der Waals surface area contributed by atoms with Gasteiger partial charge in [0.25, 0.3) is 0 Å². The number of methoxy groups -OCH3 is 1. The summed E-state index contributed by atoms with van der Waals surface area (Å²) in [6.07, 6.45) is 3.39. The van der Waals surface area contributed by atoms with Crippen LogP contribution in [0.15, 0.2) is 29.0 Å². The molecule has 1 aromatic carbocycles. The first-order valence-electron chi connectivity index (χ1n) is 19.1. The smallest absolute Gasteiger partial charge is 0.415 e. The van der Waals surface area contributed by atoms with Crippen LogP contribution in [0.25, 0.3) is 0 Å². The molecule has 6 atom stereocenters. The number of rotatable bonds is 14. The summed E-state index contributed by atoms with van der Waals surface area (Å²) in [5, 5.41) is 5.39. The second-order valence-corrected chi connectivity index (χ2v) is 15.0. The number of Topliss-reactive ketones (excluding diaryl/α,β-unsaturated/α-hetero) is 1. The van der Waals surface area contributed by atoms with E-state index in [2.05, 4.69) is 33.6 Å². The van der Waals surface area contributed by atoms with Gasteiger partial charge in [-0.2, -0.15) is 0 Å². The molecular weight excluding hydrogens is 712 g/mol. The van der Waals surface area contributed by atoms with E-state index in [1.807, 2.05) is 12.1 Å². The predicted octanol–water partition coefficient (Wildman–Crippen LogP) is 1.02. The van der Waals surface area contributed by atoms with Crippen LogP contribution in [0.1, 0.15) is 57.1 Å². The third kappa shape index (κ3) is 8.02. The lowest BCUT2D eigenvalue weighted by molar-refractivity contribution is -0.130. The molecule has 17 heteroatoms. The molecule has 0 radical (unpaired) electrons. The van der Waals surface area contributed by atoms with Gasteiger partial charge in [0.2, 0.25) is 11.8 Å². The Morgan fingerprint density at radius 2 is 1.91 bits per heavy atom. The van der Waals surface area contributed by atoms with Crippen LogP contribution in [0, 0.1) is 11.8 Å². The Hall–Kier alpha value is -5.06. The van der Waals surface area contributed by atoms with Gasteiger partial charge in [-0.25, -0.2) is 9.59 Å². The van der Waals surface area contributed by atoms with Gasteiger partial charge in [0, 0.05) is 69.0 Å². The fourth-order valence-corrected chi connectivity index (χ4v) is 9.18. The second-order valence-electron chi connectivity index (χ2n) is 15.0. The van der Waals surface area contributed by atoms with Gasteiger partial charge >= 0.3 is 12.2 Å². The normalized spacial score (nSPS) is 25.3. The van der Waals surface area contributed by atoms with Crippen molar-refractivity contribution in [3.8, 4) is 11.5 Å². The first-order valence-corrected chi connectivity index (χ1v) is 19.1. The van der Waals surface area contributed by atoms with Crippen molar-refractivity contribution >= 4 is 35.7 Å². The first kappa shape index (κ1) is 39.6. The lowest BCUT2D eigenvalue weighted by Crippen LogP contribution is -2.64. The molecule has 2 fully saturated rings. The number of nitrogens with two attached hydrogens (primary N) is 2. The number of likely N-dealkylation sites (N-methyl/N-ethyl adjacent to an activating group) is 1. The molecule has 1 spiro atoms. The standard InChI is InChI=1S/C38H54N8O9/c1-5-53-36(50)45-15-16-46(25(21-45)19-43-34(49)24(7-6-13-41-35(39)40)17-26(48)20-42-22(2)47)37(51)54-30-11-9-27-28-18-23-8-10-29(52-4)32-31(23)38(27,33(30)55-32)12-14-44(28)3/h8,10-11,24-25,27-28,33H,5-7,9,12-21H2,1-4H3,(H,42,47)(H,43,49)(H4,39,40,41)/t24-,25?,27?,28-,33-,38+/m1/s1. The molecule has 0 saturated carbocycles. The summed E-state index contributed by atoms with van der Waals surface area (Å²) in [4.78, 5) is 74.3. The average Bonchev–Trinajstić information content (AvgIpc) is 3.51. The van der Waals surface area contributed by atoms with Crippen molar-refractivity contribution in [2.24, 2.45) is 28.3 Å². The van der Waals surface area contributed by atoms with Crippen LogP contribution in [0.2, 0.25) is 0 Å². The topological polar surface area (TPSA) is 220 Å². The summed E-state index contributed by atoms with van der Waals surface area (Å²) in [5.74, 6) is 0.170. The van der Waals surface area contributed by atoms with Crippen molar-refractivity contribution in [3.63, 3.8) is 0 Å². The fraction of sp³-hybridized carbons (Fsp3) is 0.632. The maximum absolute atomic E-state index is 14.2. The highest BCUT2D eigenvalue weighted by molar-refractivity contribution is 5.89. The highest BCUT2D eigenvalue weighted by Gasteiger charge is 2.65. The highest BCUT2D eigenvalue weighted by atomic mass is 16.6. The van der Waals surface area contributed by atoms with E-state index in [1.54, 1.807) is 14.0 Å². The molecule has 2 saturated heterocycles. The molecule has 0 aromatic heterocycles. The van der Waals surface area contributed by atoms with Crippen LogP contribution in [-0.4, -0.2) is 135 Å². The number of amides is 4. The van der Waals surface area contributed by atoms with Gasteiger partial charge in [0.1, 0.15) is 5.76 Å². The van der Waals surface area contributed by atoms with E-state index in [9.17, 15) is 24.0 Å². The number of ether oxygens (including phenoxy) is 4. The van der Waals surface area contributed by atoms with Gasteiger partial charge in [0.05, 0.1) is 26.3 Å². The van der Waals surface area contributed by atoms with E-state index < -0.39 is 36.2 Å². The number of piperazine rings is 1. The minimum Gasteiger partial charge on any atom is -0.493 e. The molecule has 3 aliphatic heterocycles. The van der Waals surface area contributed by atoms with Crippen molar-refractivity contribution in [2.75, 3.05) is 66.6 Å². The summed E-state index contributed by atoms with van der Waals surface area (Å²) in [7, 11) is 3.80. The lowest BCUT2D eigenvalue weighted by Gasteiger charge is -2.56. The Morgan fingerprint density at radius 1 is 1.11 bits per heavy atom. The lowest BCUT2D eigenvalue weighted by atomic mass is 9.53. The number of likely N-dealkylation sites (tertiary alicyclic amines) is 1. The molecule has 17 nitrogen and oxygen atoms in total. The minimum absolute atomic E-state index is 0.0286. The molecule has 2 unspecified atom stereocenters. The van der Waals surface area contributed by atoms with Crippen molar-refractivity contribution in [3.05, 3.63) is 35.1 Å². The first-order chi connectivity index (χ1) is 26.4. The van der Waals surface area contributed by atoms with E-state index in [-0.39, 0.29) is 81.3 Å². The average molecular weight is 767 g/mol. The van der Waals surface area contributed by atoms with Crippen LogP contribution in [0.4, 0.5) is 9.59 Å². The number of nitrogens with zero attached hydrogens (tertiary/aromatic N) is 4. The van der Waals surface area contributed by atoms with E-state index in [4.69, 9.17) is 30.4 Å². The Bertz CT molecular complexity index is 1730. The van der Waals surface area contributed by atoms with Crippen molar-refractivity contribution in [1.82, 2.24) is 25.3 Å². The number of allylic oxidation sites excluding steroid dienone is 1. The maximum Gasteiger partial charge on any atom is 0.415 e. The zero-order valence-corrected chi connectivity index (χ0v) is 32.1. The molecule has 55 heavy (non-hydrogen) atoms. The minimum atomic E-state index is -0.753. The van der Waals surface area contributed by atoms with E-state index in [0.717, 1.165) is 25.8 Å². The van der Waals surface area contributed by atoms with Crippen LogP contribution in [-0.2, 0) is 35.7 Å². The van der Waals surface area contributed by atoms with Crippen molar-refractivity contribution < 1.29 is 42.9 Å². The van der Waals surface area contributed by atoms with Gasteiger partial charge < -0.3 is 50.8 Å². The number of benzene rings is 1.